The summed E-state index contributed by atoms with van der Waals surface area (Å²) in [4.78, 5) is 0. The first-order chi connectivity index (χ1) is 14.1. The number of benzene rings is 4. The first-order valence-corrected chi connectivity index (χ1v) is 9.56. The average Bonchev–Trinajstić information content (AvgIpc) is 2.69. The molecule has 0 aliphatic carbocycles. The number of phenolic OH excluding ortho intramolecular Hbond substituents is 2. The summed E-state index contributed by atoms with van der Waals surface area (Å²) in [5, 5.41) is 19.3. The van der Waals surface area contributed by atoms with Crippen LogP contribution in [0.15, 0.2) is 97.1 Å². The van der Waals surface area contributed by atoms with Crippen LogP contribution in [0.5, 0.6) is 23.0 Å². The smallest absolute Gasteiger partial charge is 0.127 e. The highest BCUT2D eigenvalue weighted by atomic mass is 16.5. The van der Waals surface area contributed by atoms with Gasteiger partial charge < -0.3 is 14.9 Å². The van der Waals surface area contributed by atoms with Crippen LogP contribution in [0.3, 0.4) is 0 Å². The monoisotopic (exact) mass is 382 g/mol. The Bertz CT molecular complexity index is 1030. The molecule has 4 aromatic carbocycles. The van der Waals surface area contributed by atoms with E-state index < -0.39 is 0 Å². The van der Waals surface area contributed by atoms with Gasteiger partial charge in [0.2, 0.25) is 0 Å². The van der Waals surface area contributed by atoms with E-state index in [2.05, 4.69) is 12.1 Å². The Kier molecular flexibility index (Phi) is 5.48. The minimum Gasteiger partial charge on any atom is -0.508 e. The molecule has 4 rings (SSSR count). The van der Waals surface area contributed by atoms with Crippen molar-refractivity contribution >= 4 is 0 Å². The van der Waals surface area contributed by atoms with Gasteiger partial charge in [0.05, 0.1) is 0 Å². The van der Waals surface area contributed by atoms with Gasteiger partial charge in [-0.1, -0.05) is 48.5 Å². The third kappa shape index (κ3) is 5.17. The van der Waals surface area contributed by atoms with Gasteiger partial charge in [0.15, 0.2) is 0 Å². The van der Waals surface area contributed by atoms with E-state index in [1.807, 2.05) is 60.7 Å². The fourth-order valence-corrected chi connectivity index (χ4v) is 3.38. The molecule has 0 aliphatic rings. The van der Waals surface area contributed by atoms with Gasteiger partial charge in [0, 0.05) is 0 Å². The second kappa shape index (κ2) is 8.53. The van der Waals surface area contributed by atoms with Gasteiger partial charge in [-0.15, -0.1) is 0 Å². The lowest BCUT2D eigenvalue weighted by Gasteiger charge is -2.10. The van der Waals surface area contributed by atoms with E-state index in [0.717, 1.165) is 46.6 Å². The van der Waals surface area contributed by atoms with Crippen LogP contribution in [0.2, 0.25) is 0 Å². The van der Waals surface area contributed by atoms with Crippen molar-refractivity contribution in [1.29, 1.82) is 0 Å². The summed E-state index contributed by atoms with van der Waals surface area (Å²) < 4.78 is 6.08. The number of rotatable bonds is 6. The van der Waals surface area contributed by atoms with Crippen molar-refractivity contribution in [2.45, 2.75) is 12.8 Å². The van der Waals surface area contributed by atoms with Crippen LogP contribution >= 0.6 is 0 Å². The van der Waals surface area contributed by atoms with Crippen molar-refractivity contribution in [1.82, 2.24) is 0 Å². The number of hydrogen-bond acceptors (Lipinski definition) is 3. The fourth-order valence-electron chi connectivity index (χ4n) is 3.38. The largest absolute Gasteiger partial charge is 0.508 e. The predicted molar refractivity (Wildman–Crippen MR) is 115 cm³/mol. The van der Waals surface area contributed by atoms with E-state index in [1.54, 1.807) is 24.3 Å². The van der Waals surface area contributed by atoms with Crippen LogP contribution in [-0.2, 0) is 12.8 Å². The number of ether oxygens (including phenoxy) is 1. The third-order valence-electron chi connectivity index (χ3n) is 4.67. The zero-order valence-electron chi connectivity index (χ0n) is 16.0. The van der Waals surface area contributed by atoms with E-state index in [9.17, 15) is 10.2 Å². The van der Waals surface area contributed by atoms with E-state index >= 15 is 0 Å². The zero-order chi connectivity index (χ0) is 20.1. The summed E-state index contributed by atoms with van der Waals surface area (Å²) >= 11 is 0. The Morgan fingerprint density at radius 3 is 1.28 bits per heavy atom. The van der Waals surface area contributed by atoms with E-state index in [0.29, 0.717) is 0 Å². The molecule has 0 spiro atoms. The summed E-state index contributed by atoms with van der Waals surface area (Å²) in [6, 6.07) is 30.6. The molecule has 0 atom stereocenters. The normalized spacial score (nSPS) is 10.6. The summed E-state index contributed by atoms with van der Waals surface area (Å²) in [6.45, 7) is 0. The molecule has 29 heavy (non-hydrogen) atoms. The SMILES string of the molecule is Oc1cccc(Cc2cccc(Oc3cccc(Cc4cccc(O)c4)c3)c2)c1. The summed E-state index contributed by atoms with van der Waals surface area (Å²) in [7, 11) is 0. The van der Waals surface area contributed by atoms with Gasteiger partial charge in [-0.3, -0.25) is 0 Å². The Morgan fingerprint density at radius 2 is 0.862 bits per heavy atom. The van der Waals surface area contributed by atoms with Gasteiger partial charge in [-0.25, -0.2) is 0 Å². The standard InChI is InChI=1S/C26H22O3/c27-23-9-1-5-19(15-23)13-21-7-3-11-25(17-21)29-26-12-4-8-22(18-26)14-20-6-2-10-24(28)16-20/h1-12,15-18,27-28H,13-14H2. The van der Waals surface area contributed by atoms with Crippen molar-refractivity contribution < 1.29 is 14.9 Å². The van der Waals surface area contributed by atoms with Crippen LogP contribution in [0, 0.1) is 0 Å². The molecule has 3 nitrogen and oxygen atoms in total. The van der Waals surface area contributed by atoms with Gasteiger partial charge in [-0.2, -0.15) is 0 Å². The molecule has 0 aliphatic heterocycles. The fraction of sp³-hybridized carbons (Fsp3) is 0.0769. The van der Waals surface area contributed by atoms with Crippen LogP contribution in [0.1, 0.15) is 22.3 Å². The quantitative estimate of drug-likeness (QED) is 0.425. The molecule has 0 amide bonds. The van der Waals surface area contributed by atoms with Gasteiger partial charge in [-0.05, 0) is 83.6 Å². The van der Waals surface area contributed by atoms with Crippen molar-refractivity contribution in [3.63, 3.8) is 0 Å². The highest BCUT2D eigenvalue weighted by Crippen LogP contribution is 2.26. The minimum atomic E-state index is 0.276. The van der Waals surface area contributed by atoms with E-state index in [-0.39, 0.29) is 11.5 Å². The molecule has 144 valence electrons. The number of hydrogen-bond donors (Lipinski definition) is 2. The maximum atomic E-state index is 9.65. The number of phenols is 2. The third-order valence-corrected chi connectivity index (χ3v) is 4.67. The van der Waals surface area contributed by atoms with Crippen LogP contribution in [0.25, 0.3) is 0 Å². The van der Waals surface area contributed by atoms with Crippen molar-refractivity contribution in [3.05, 3.63) is 119 Å². The first-order valence-electron chi connectivity index (χ1n) is 9.56. The molecule has 0 fully saturated rings. The van der Waals surface area contributed by atoms with E-state index in [1.165, 1.54) is 0 Å². The summed E-state index contributed by atoms with van der Waals surface area (Å²) in [6.07, 6.45) is 1.45. The molecule has 0 heterocycles. The lowest BCUT2D eigenvalue weighted by atomic mass is 10.0. The van der Waals surface area contributed by atoms with Gasteiger partial charge >= 0.3 is 0 Å². The molecule has 0 bridgehead atoms. The molecule has 2 N–H and O–H groups in total. The van der Waals surface area contributed by atoms with E-state index in [4.69, 9.17) is 4.74 Å². The first kappa shape index (κ1) is 18.6. The molecule has 0 radical (unpaired) electrons. The van der Waals surface area contributed by atoms with Crippen LogP contribution < -0.4 is 4.74 Å². The topological polar surface area (TPSA) is 49.7 Å². The maximum absolute atomic E-state index is 9.65. The average molecular weight is 382 g/mol. The van der Waals surface area contributed by atoms with Crippen LogP contribution in [0.4, 0.5) is 0 Å². The molecule has 3 heteroatoms. The lowest BCUT2D eigenvalue weighted by Crippen LogP contribution is -1.92. The molecule has 0 aromatic heterocycles. The highest BCUT2D eigenvalue weighted by Gasteiger charge is 2.04. The summed E-state index contributed by atoms with van der Waals surface area (Å²) in [5.74, 6) is 2.10. The molecule has 4 aromatic rings. The van der Waals surface area contributed by atoms with Crippen molar-refractivity contribution in [2.24, 2.45) is 0 Å². The van der Waals surface area contributed by atoms with Crippen molar-refractivity contribution in [3.8, 4) is 23.0 Å². The summed E-state index contributed by atoms with van der Waals surface area (Å²) in [5.41, 5.74) is 4.33. The Balaban J connectivity index is 1.48. The Hall–Kier alpha value is -3.72. The molecular formula is C26H22O3. The Morgan fingerprint density at radius 1 is 0.483 bits per heavy atom. The molecule has 0 unspecified atom stereocenters. The molecule has 0 saturated heterocycles. The van der Waals surface area contributed by atoms with Gasteiger partial charge in [0.1, 0.15) is 23.0 Å². The molecular weight excluding hydrogens is 360 g/mol. The van der Waals surface area contributed by atoms with Gasteiger partial charge in [0.25, 0.3) is 0 Å². The predicted octanol–water partition coefficient (Wildman–Crippen LogP) is 6.07. The zero-order valence-corrected chi connectivity index (χ0v) is 16.0. The lowest BCUT2D eigenvalue weighted by molar-refractivity contribution is 0.474. The minimum absolute atomic E-state index is 0.276. The number of aromatic hydroxyl groups is 2. The van der Waals surface area contributed by atoms with Crippen molar-refractivity contribution in [2.75, 3.05) is 0 Å². The second-order valence-electron chi connectivity index (χ2n) is 7.09. The maximum Gasteiger partial charge on any atom is 0.127 e. The second-order valence-corrected chi connectivity index (χ2v) is 7.09. The highest BCUT2D eigenvalue weighted by molar-refractivity contribution is 5.40. The molecule has 0 saturated carbocycles. The van der Waals surface area contributed by atoms with Crippen LogP contribution in [-0.4, -0.2) is 10.2 Å². The Labute approximate surface area is 170 Å².